The zero-order chi connectivity index (χ0) is 11.1. The number of hydroxylamine groups is 2. The highest BCUT2D eigenvalue weighted by Crippen LogP contribution is 2.49. The molecule has 0 radical (unpaired) electrons. The normalized spacial score (nSPS) is 27.5. The zero-order valence-corrected chi connectivity index (χ0v) is 11.0. The minimum absolute atomic E-state index is 0.440. The van der Waals surface area contributed by atoms with E-state index in [-0.39, 0.29) is 0 Å². The fourth-order valence-corrected chi connectivity index (χ4v) is 2.35. The number of nitrogens with two attached hydrogens (primary N) is 1. The van der Waals surface area contributed by atoms with Crippen molar-refractivity contribution in [3.8, 4) is 0 Å². The number of quaternary nitrogens is 1. The number of nitrogens with zero attached hydrogens (tertiary/aromatic N) is 1. The summed E-state index contributed by atoms with van der Waals surface area (Å²) in [6.45, 7) is 0.440. The van der Waals surface area contributed by atoms with Gasteiger partial charge in [0.15, 0.2) is 0 Å². The van der Waals surface area contributed by atoms with Crippen molar-refractivity contribution in [2.45, 2.75) is 9.90 Å². The molecule has 0 aliphatic carbocycles. The maximum atomic E-state index is 12.4. The van der Waals surface area contributed by atoms with Crippen LogP contribution in [0.3, 0.4) is 0 Å². The summed E-state index contributed by atoms with van der Waals surface area (Å²) in [7, 11) is 0. The third kappa shape index (κ3) is 1.68. The van der Waals surface area contributed by atoms with Crippen LogP contribution in [0.2, 0.25) is 0 Å². The lowest BCUT2D eigenvalue weighted by atomic mass is 10.1. The van der Waals surface area contributed by atoms with Crippen LogP contribution in [-0.4, -0.2) is 3.36 Å². The number of benzene rings is 1. The molecule has 1 aromatic rings. The van der Waals surface area contributed by atoms with Crippen molar-refractivity contribution in [1.82, 2.24) is 4.65 Å². The Hall–Kier alpha value is -0.200. The molecule has 2 rings (SSSR count). The molecule has 0 spiro atoms. The molecular formula is C10H10Br2N2O. The summed E-state index contributed by atoms with van der Waals surface area (Å²) in [6, 6.07) is 7.38. The molecule has 1 aliphatic rings. The van der Waals surface area contributed by atoms with E-state index in [4.69, 9.17) is 5.73 Å². The van der Waals surface area contributed by atoms with Crippen LogP contribution in [0.25, 0.3) is 0 Å². The van der Waals surface area contributed by atoms with Gasteiger partial charge in [0.2, 0.25) is 3.36 Å². The molecule has 0 saturated heterocycles. The second-order valence-corrected chi connectivity index (χ2v) is 6.92. The number of halogens is 2. The van der Waals surface area contributed by atoms with E-state index >= 15 is 0 Å². The average molecular weight is 334 g/mol. The Kier molecular flexibility index (Phi) is 2.77. The van der Waals surface area contributed by atoms with Gasteiger partial charge < -0.3 is 10.9 Å². The Morgan fingerprint density at radius 1 is 1.40 bits per heavy atom. The molecule has 0 amide bonds. The van der Waals surface area contributed by atoms with Gasteiger partial charge in [-0.25, -0.2) is 0 Å². The largest absolute Gasteiger partial charge is 0.620 e. The number of alkyl halides is 2. The SMILES string of the molecule is NCc1cccc([N+]2([O-])C=CC2(Br)Br)c1. The summed E-state index contributed by atoms with van der Waals surface area (Å²) in [5.74, 6) is 0. The molecule has 5 heteroatoms. The van der Waals surface area contributed by atoms with E-state index in [9.17, 15) is 5.21 Å². The van der Waals surface area contributed by atoms with Crippen LogP contribution in [-0.2, 0) is 6.54 Å². The van der Waals surface area contributed by atoms with Gasteiger partial charge in [-0.05, 0) is 11.6 Å². The van der Waals surface area contributed by atoms with E-state index in [2.05, 4.69) is 31.9 Å². The molecule has 80 valence electrons. The van der Waals surface area contributed by atoms with Crippen LogP contribution in [0, 0.1) is 5.21 Å². The first kappa shape index (κ1) is 11.3. The Balaban J connectivity index is 2.43. The summed E-state index contributed by atoms with van der Waals surface area (Å²) in [5.41, 5.74) is 7.16. The topological polar surface area (TPSA) is 49.1 Å². The summed E-state index contributed by atoms with van der Waals surface area (Å²) in [6.07, 6.45) is 3.36. The molecule has 0 aromatic heterocycles. The van der Waals surface area contributed by atoms with Crippen molar-refractivity contribution in [3.05, 3.63) is 47.3 Å². The van der Waals surface area contributed by atoms with E-state index in [0.29, 0.717) is 12.2 Å². The minimum atomic E-state index is -0.743. The smallest absolute Gasteiger partial charge is 0.241 e. The van der Waals surface area contributed by atoms with Gasteiger partial charge in [0.05, 0.1) is 6.08 Å². The zero-order valence-electron chi connectivity index (χ0n) is 7.86. The molecule has 3 nitrogen and oxygen atoms in total. The molecule has 1 atom stereocenters. The van der Waals surface area contributed by atoms with Gasteiger partial charge in [-0.1, -0.05) is 12.1 Å². The molecule has 15 heavy (non-hydrogen) atoms. The quantitative estimate of drug-likeness (QED) is 0.391. The van der Waals surface area contributed by atoms with E-state index in [0.717, 1.165) is 5.56 Å². The van der Waals surface area contributed by atoms with Gasteiger partial charge in [0, 0.05) is 44.5 Å². The Morgan fingerprint density at radius 3 is 2.60 bits per heavy atom. The monoisotopic (exact) mass is 332 g/mol. The minimum Gasteiger partial charge on any atom is -0.620 e. The van der Waals surface area contributed by atoms with E-state index in [1.807, 2.05) is 18.2 Å². The molecule has 1 aliphatic heterocycles. The van der Waals surface area contributed by atoms with Crippen LogP contribution in [0.4, 0.5) is 5.69 Å². The van der Waals surface area contributed by atoms with Gasteiger partial charge >= 0.3 is 0 Å². The second kappa shape index (κ2) is 3.68. The fraction of sp³-hybridized carbons (Fsp3) is 0.200. The first-order chi connectivity index (χ1) is 6.99. The highest BCUT2D eigenvalue weighted by Gasteiger charge is 2.47. The van der Waals surface area contributed by atoms with E-state index in [1.54, 1.807) is 18.3 Å². The van der Waals surface area contributed by atoms with Gasteiger partial charge in [-0.3, -0.25) is 4.65 Å². The molecule has 0 fully saturated rings. The first-order valence-electron chi connectivity index (χ1n) is 4.47. The average Bonchev–Trinajstić information content (AvgIpc) is 2.26. The van der Waals surface area contributed by atoms with Crippen molar-refractivity contribution in [2.75, 3.05) is 0 Å². The summed E-state index contributed by atoms with van der Waals surface area (Å²) < 4.78 is -1.30. The number of hydrogen-bond acceptors (Lipinski definition) is 2. The standard InChI is InChI=1S/C10H10Br2N2O/c11-10(12)4-5-14(10,15)9-3-1-2-8(6-9)7-13/h1-6H,7,13H2. The molecular weight excluding hydrogens is 324 g/mol. The van der Waals surface area contributed by atoms with Crippen LogP contribution in [0.1, 0.15) is 5.56 Å². The van der Waals surface area contributed by atoms with Crippen molar-refractivity contribution < 1.29 is 0 Å². The van der Waals surface area contributed by atoms with Crippen LogP contribution in [0.5, 0.6) is 0 Å². The second-order valence-electron chi connectivity index (χ2n) is 3.44. The first-order valence-corrected chi connectivity index (χ1v) is 6.06. The predicted octanol–water partition coefficient (Wildman–Crippen LogP) is 2.92. The van der Waals surface area contributed by atoms with Crippen molar-refractivity contribution in [1.29, 1.82) is 0 Å². The lowest BCUT2D eigenvalue weighted by Gasteiger charge is -2.51. The lowest BCUT2D eigenvalue weighted by Crippen LogP contribution is -2.56. The molecule has 0 bridgehead atoms. The highest BCUT2D eigenvalue weighted by atomic mass is 79.9. The maximum Gasteiger partial charge on any atom is 0.241 e. The Bertz CT molecular complexity index is 420. The predicted molar refractivity (Wildman–Crippen MR) is 69.2 cm³/mol. The summed E-state index contributed by atoms with van der Waals surface area (Å²) in [4.78, 5) is 0. The Morgan fingerprint density at radius 2 is 2.13 bits per heavy atom. The summed E-state index contributed by atoms with van der Waals surface area (Å²) >= 11 is 6.66. The summed E-state index contributed by atoms with van der Waals surface area (Å²) in [5, 5.41) is 12.4. The number of hydrogen-bond donors (Lipinski definition) is 1. The fourth-order valence-electron chi connectivity index (χ4n) is 1.47. The highest BCUT2D eigenvalue weighted by molar-refractivity contribution is 9.25. The molecule has 1 heterocycles. The van der Waals surface area contributed by atoms with Gasteiger partial charge in [0.1, 0.15) is 11.9 Å². The molecule has 1 aromatic carbocycles. The van der Waals surface area contributed by atoms with Crippen LogP contribution < -0.4 is 10.4 Å². The van der Waals surface area contributed by atoms with Crippen molar-refractivity contribution in [2.24, 2.45) is 5.73 Å². The third-order valence-corrected chi connectivity index (χ3v) is 4.04. The van der Waals surface area contributed by atoms with E-state index in [1.165, 1.54) is 0 Å². The molecule has 2 N–H and O–H groups in total. The van der Waals surface area contributed by atoms with Gasteiger partial charge in [0.25, 0.3) is 0 Å². The lowest BCUT2D eigenvalue weighted by molar-refractivity contribution is 0.445. The Labute approximate surface area is 105 Å². The molecule has 0 saturated carbocycles. The van der Waals surface area contributed by atoms with E-state index < -0.39 is 8.00 Å². The van der Waals surface area contributed by atoms with Crippen LogP contribution in [0.15, 0.2) is 36.5 Å². The third-order valence-electron chi connectivity index (χ3n) is 2.46. The van der Waals surface area contributed by atoms with Crippen LogP contribution >= 0.6 is 31.9 Å². The number of rotatable bonds is 2. The molecule has 1 unspecified atom stereocenters. The maximum absolute atomic E-state index is 12.4. The van der Waals surface area contributed by atoms with Crippen molar-refractivity contribution in [3.63, 3.8) is 0 Å². The van der Waals surface area contributed by atoms with Gasteiger partial charge in [-0.15, -0.1) is 0 Å². The van der Waals surface area contributed by atoms with Crippen molar-refractivity contribution >= 4 is 37.5 Å². The van der Waals surface area contributed by atoms with Gasteiger partial charge in [-0.2, -0.15) is 0 Å².